The van der Waals surface area contributed by atoms with Crippen molar-refractivity contribution in [1.82, 2.24) is 0 Å². The summed E-state index contributed by atoms with van der Waals surface area (Å²) in [7, 11) is -3.80. The molecule has 0 aliphatic carbocycles. The lowest BCUT2D eigenvalue weighted by Crippen LogP contribution is -2.04. The van der Waals surface area contributed by atoms with Crippen molar-refractivity contribution in [2.24, 2.45) is 0 Å². The summed E-state index contributed by atoms with van der Waals surface area (Å²) in [4.78, 5) is 0. The zero-order chi connectivity index (χ0) is 10.3. The largest absolute Gasteiger partial charge is 0.286 e. The Labute approximate surface area is 92.8 Å². The van der Waals surface area contributed by atoms with Gasteiger partial charge in [-0.15, -0.1) is 23.5 Å². The van der Waals surface area contributed by atoms with Crippen LogP contribution in [0.1, 0.15) is 13.3 Å². The smallest absolute Gasteiger partial charge is 0.264 e. The topological polar surface area (TPSA) is 54.4 Å². The van der Waals surface area contributed by atoms with Gasteiger partial charge in [-0.25, -0.2) is 0 Å². The second-order valence-corrected chi connectivity index (χ2v) is 7.31. The Morgan fingerprint density at radius 3 is 2.54 bits per heavy atom. The van der Waals surface area contributed by atoms with Gasteiger partial charge in [0.1, 0.15) is 3.53 Å². The Bertz CT molecular complexity index is 247. The summed E-state index contributed by atoms with van der Waals surface area (Å²) in [5.74, 6) is 1.40. The van der Waals surface area contributed by atoms with Crippen molar-refractivity contribution in [2.45, 2.75) is 13.3 Å². The van der Waals surface area contributed by atoms with Gasteiger partial charge >= 0.3 is 0 Å². The van der Waals surface area contributed by atoms with Crippen LogP contribution in [0.15, 0.2) is 0 Å². The quantitative estimate of drug-likeness (QED) is 0.464. The van der Waals surface area contributed by atoms with Crippen LogP contribution in [-0.2, 0) is 10.1 Å². The van der Waals surface area contributed by atoms with Crippen molar-refractivity contribution in [3.8, 4) is 0 Å². The van der Waals surface area contributed by atoms with Crippen LogP contribution in [0.2, 0.25) is 0 Å². The molecule has 0 rings (SSSR count). The van der Waals surface area contributed by atoms with Gasteiger partial charge in [0.2, 0.25) is 0 Å². The van der Waals surface area contributed by atoms with E-state index in [1.807, 2.05) is 6.92 Å². The van der Waals surface area contributed by atoms with Gasteiger partial charge in [0, 0.05) is 5.75 Å². The van der Waals surface area contributed by atoms with Crippen LogP contribution in [-0.4, -0.2) is 33.8 Å². The highest BCUT2D eigenvalue weighted by Gasteiger charge is 2.04. The predicted octanol–water partition coefficient (Wildman–Crippen LogP) is 2.04. The molecule has 0 atom stereocenters. The van der Waals surface area contributed by atoms with E-state index < -0.39 is 10.1 Å². The fourth-order valence-electron chi connectivity index (χ4n) is 0.556. The van der Waals surface area contributed by atoms with Gasteiger partial charge < -0.3 is 0 Å². The molecule has 0 bridgehead atoms. The van der Waals surface area contributed by atoms with E-state index >= 15 is 0 Å². The van der Waals surface area contributed by atoms with E-state index in [9.17, 15) is 8.42 Å². The lowest BCUT2D eigenvalue weighted by molar-refractivity contribution is 0.482. The third-order valence-electron chi connectivity index (χ3n) is 1.03. The molecule has 0 radical (unpaired) electrons. The van der Waals surface area contributed by atoms with Gasteiger partial charge in [-0.05, 0) is 12.2 Å². The molecular weight excluding hydrogens is 248 g/mol. The van der Waals surface area contributed by atoms with Crippen LogP contribution in [0.25, 0.3) is 0 Å². The highest BCUT2D eigenvalue weighted by Crippen LogP contribution is 2.17. The Hall–Kier alpha value is 0.700. The van der Waals surface area contributed by atoms with Crippen LogP contribution in [0.3, 0.4) is 0 Å². The molecule has 13 heavy (non-hydrogen) atoms. The maximum absolute atomic E-state index is 10.3. The minimum atomic E-state index is -3.80. The molecule has 0 spiro atoms. The molecule has 0 saturated carbocycles. The van der Waals surface area contributed by atoms with E-state index in [4.69, 9.17) is 16.8 Å². The molecule has 0 amide bonds. The van der Waals surface area contributed by atoms with Crippen molar-refractivity contribution in [3.05, 3.63) is 0 Å². The lowest BCUT2D eigenvalue weighted by Gasteiger charge is -2.00. The number of thiocarbonyl (C=S) groups is 1. The van der Waals surface area contributed by atoms with Gasteiger partial charge in [0.25, 0.3) is 10.1 Å². The van der Waals surface area contributed by atoms with E-state index in [0.717, 1.165) is 9.28 Å². The van der Waals surface area contributed by atoms with Gasteiger partial charge in [-0.3, -0.25) is 4.55 Å². The summed E-state index contributed by atoms with van der Waals surface area (Å²) in [6.07, 6.45) is 0.438. The molecule has 0 saturated heterocycles. The van der Waals surface area contributed by atoms with Crippen LogP contribution >= 0.6 is 35.7 Å². The third kappa shape index (κ3) is 10.6. The van der Waals surface area contributed by atoms with Crippen molar-refractivity contribution >= 4 is 49.4 Å². The number of rotatable bonds is 5. The Morgan fingerprint density at radius 1 is 1.46 bits per heavy atom. The zero-order valence-corrected chi connectivity index (χ0v) is 10.5. The van der Waals surface area contributed by atoms with Gasteiger partial charge in [0.15, 0.2) is 0 Å². The summed E-state index contributed by atoms with van der Waals surface area (Å²) in [5.41, 5.74) is 0. The van der Waals surface area contributed by atoms with E-state index in [1.165, 1.54) is 11.8 Å². The Balaban J connectivity index is 3.41. The first kappa shape index (κ1) is 13.7. The highest BCUT2D eigenvalue weighted by atomic mass is 32.2. The molecule has 0 aromatic rings. The van der Waals surface area contributed by atoms with Crippen LogP contribution in [0.5, 0.6) is 0 Å². The second-order valence-electron chi connectivity index (χ2n) is 2.17. The second kappa shape index (κ2) is 7.05. The molecule has 7 heteroatoms. The maximum atomic E-state index is 10.3. The molecule has 3 nitrogen and oxygen atoms in total. The molecule has 0 fully saturated rings. The van der Waals surface area contributed by atoms with E-state index in [2.05, 4.69) is 0 Å². The van der Waals surface area contributed by atoms with Gasteiger partial charge in [-0.1, -0.05) is 19.1 Å². The number of hydrogen-bond acceptors (Lipinski definition) is 5. The fourth-order valence-corrected chi connectivity index (χ4v) is 3.48. The number of thioether (sulfide) groups is 2. The minimum Gasteiger partial charge on any atom is -0.286 e. The van der Waals surface area contributed by atoms with E-state index in [0.29, 0.717) is 12.2 Å². The Kier molecular flexibility index (Phi) is 7.43. The standard InChI is InChI=1S/C6H12O3S4/c1-2-11-6(10)12-4-3-5-13(7,8)9/h2-5H2,1H3,(H,7,8,9). The first-order chi connectivity index (χ1) is 5.95. The summed E-state index contributed by atoms with van der Waals surface area (Å²) >= 11 is 8.01. The molecule has 0 heterocycles. The van der Waals surface area contributed by atoms with Crippen LogP contribution in [0.4, 0.5) is 0 Å². The fraction of sp³-hybridized carbons (Fsp3) is 0.833. The monoisotopic (exact) mass is 260 g/mol. The predicted molar refractivity (Wildman–Crippen MR) is 64.2 cm³/mol. The SMILES string of the molecule is CCSC(=S)SCCCS(=O)(=O)O. The first-order valence-electron chi connectivity index (χ1n) is 3.70. The molecule has 1 N–H and O–H groups in total. The Morgan fingerprint density at radius 2 is 2.08 bits per heavy atom. The first-order valence-corrected chi connectivity index (χ1v) is 7.69. The van der Waals surface area contributed by atoms with Crippen LogP contribution < -0.4 is 0 Å². The summed E-state index contributed by atoms with van der Waals surface area (Å²) in [5, 5.41) is 0. The zero-order valence-electron chi connectivity index (χ0n) is 7.23. The molecule has 0 aliphatic heterocycles. The maximum Gasteiger partial charge on any atom is 0.264 e. The van der Waals surface area contributed by atoms with Gasteiger partial charge in [-0.2, -0.15) is 8.42 Å². The molecule has 0 unspecified atom stereocenters. The van der Waals surface area contributed by atoms with Crippen LogP contribution in [0, 0.1) is 0 Å². The average molecular weight is 260 g/mol. The van der Waals surface area contributed by atoms with Gasteiger partial charge in [0.05, 0.1) is 5.75 Å². The third-order valence-corrected chi connectivity index (χ3v) is 4.50. The molecule has 78 valence electrons. The van der Waals surface area contributed by atoms with E-state index in [-0.39, 0.29) is 5.75 Å². The molecule has 0 aromatic heterocycles. The van der Waals surface area contributed by atoms with Crippen molar-refractivity contribution < 1.29 is 13.0 Å². The number of hydrogen-bond donors (Lipinski definition) is 1. The molecule has 0 aliphatic rings. The summed E-state index contributed by atoms with van der Waals surface area (Å²) in [6, 6.07) is 0. The van der Waals surface area contributed by atoms with Crippen molar-refractivity contribution in [3.63, 3.8) is 0 Å². The summed E-state index contributed by atoms with van der Waals surface area (Å²) < 4.78 is 29.9. The molecule has 0 aromatic carbocycles. The highest BCUT2D eigenvalue weighted by molar-refractivity contribution is 8.47. The normalized spacial score (nSPS) is 11.5. The van der Waals surface area contributed by atoms with E-state index in [1.54, 1.807) is 11.8 Å². The van der Waals surface area contributed by atoms with Crippen molar-refractivity contribution in [1.29, 1.82) is 0 Å². The van der Waals surface area contributed by atoms with Crippen molar-refractivity contribution in [2.75, 3.05) is 17.3 Å². The minimum absolute atomic E-state index is 0.181. The summed E-state index contributed by atoms with van der Waals surface area (Å²) in [6.45, 7) is 2.01. The molecular formula is C6H12O3S4. The lowest BCUT2D eigenvalue weighted by atomic mass is 10.6. The average Bonchev–Trinajstić information content (AvgIpc) is 1.97.